The standard InChI is InChI=1S/C21H32N4O2/c1-27-20-6-9-22-18(13-20)15-24-11-7-19(8-12-24)25-10-2-3-16(14-25)21(26)23-17-4-5-17/h6,9,13,16-17,19H,2-5,7-8,10-12,14-15H2,1H3,(H,23,26). The second kappa shape index (κ2) is 8.57. The van der Waals surface area contributed by atoms with Gasteiger partial charge in [-0.2, -0.15) is 0 Å². The fourth-order valence-corrected chi connectivity index (χ4v) is 4.44. The number of ether oxygens (including phenoxy) is 1. The Morgan fingerprint density at radius 3 is 2.78 bits per heavy atom. The summed E-state index contributed by atoms with van der Waals surface area (Å²) in [5, 5.41) is 3.20. The molecular formula is C21H32N4O2. The predicted molar refractivity (Wildman–Crippen MR) is 105 cm³/mol. The molecule has 3 aliphatic rings. The Labute approximate surface area is 162 Å². The summed E-state index contributed by atoms with van der Waals surface area (Å²) in [4.78, 5) is 22.0. The van der Waals surface area contributed by atoms with Crippen LogP contribution in [0.4, 0.5) is 0 Å². The highest BCUT2D eigenvalue weighted by molar-refractivity contribution is 5.79. The van der Waals surface area contributed by atoms with E-state index in [1.165, 1.54) is 25.7 Å². The van der Waals surface area contributed by atoms with Crippen LogP contribution < -0.4 is 10.1 Å². The fourth-order valence-electron chi connectivity index (χ4n) is 4.44. The van der Waals surface area contributed by atoms with Crippen molar-refractivity contribution in [3.05, 3.63) is 24.0 Å². The Balaban J connectivity index is 1.25. The van der Waals surface area contributed by atoms with Crippen molar-refractivity contribution in [3.8, 4) is 5.75 Å². The third-order valence-electron chi connectivity index (χ3n) is 6.23. The summed E-state index contributed by atoms with van der Waals surface area (Å²) < 4.78 is 5.30. The number of hydrogen-bond donors (Lipinski definition) is 1. The van der Waals surface area contributed by atoms with Gasteiger partial charge in [-0.25, -0.2) is 0 Å². The Morgan fingerprint density at radius 1 is 1.22 bits per heavy atom. The van der Waals surface area contributed by atoms with Crippen LogP contribution in [0.2, 0.25) is 0 Å². The van der Waals surface area contributed by atoms with Crippen molar-refractivity contribution in [3.63, 3.8) is 0 Å². The van der Waals surface area contributed by atoms with E-state index < -0.39 is 0 Å². The largest absolute Gasteiger partial charge is 0.497 e. The summed E-state index contributed by atoms with van der Waals surface area (Å²) >= 11 is 0. The van der Waals surface area contributed by atoms with Gasteiger partial charge < -0.3 is 10.1 Å². The van der Waals surface area contributed by atoms with Crippen LogP contribution in [0.15, 0.2) is 18.3 Å². The third-order valence-corrected chi connectivity index (χ3v) is 6.23. The van der Waals surface area contributed by atoms with E-state index in [2.05, 4.69) is 20.1 Å². The molecule has 1 aromatic heterocycles. The van der Waals surface area contributed by atoms with Crippen LogP contribution >= 0.6 is 0 Å². The molecule has 1 unspecified atom stereocenters. The van der Waals surface area contributed by atoms with Gasteiger partial charge in [0.2, 0.25) is 5.91 Å². The van der Waals surface area contributed by atoms with Gasteiger partial charge in [-0.15, -0.1) is 0 Å². The average Bonchev–Trinajstić information content (AvgIpc) is 3.53. The molecule has 1 amide bonds. The van der Waals surface area contributed by atoms with Crippen molar-refractivity contribution >= 4 is 5.91 Å². The molecule has 6 nitrogen and oxygen atoms in total. The van der Waals surface area contributed by atoms with Crippen LogP contribution in [0.5, 0.6) is 5.75 Å². The first kappa shape index (κ1) is 18.7. The van der Waals surface area contributed by atoms with Gasteiger partial charge in [0.05, 0.1) is 18.7 Å². The summed E-state index contributed by atoms with van der Waals surface area (Å²) in [6.45, 7) is 5.17. The summed E-state index contributed by atoms with van der Waals surface area (Å²) in [5.74, 6) is 1.36. The maximum absolute atomic E-state index is 12.4. The molecule has 1 atom stereocenters. The first-order chi connectivity index (χ1) is 13.2. The zero-order valence-corrected chi connectivity index (χ0v) is 16.4. The molecule has 6 heteroatoms. The predicted octanol–water partition coefficient (Wildman–Crippen LogP) is 2.05. The molecule has 1 saturated carbocycles. The number of pyridine rings is 1. The zero-order valence-electron chi connectivity index (χ0n) is 16.4. The van der Waals surface area contributed by atoms with Gasteiger partial charge in [0.15, 0.2) is 0 Å². The minimum absolute atomic E-state index is 0.193. The van der Waals surface area contributed by atoms with Gasteiger partial charge >= 0.3 is 0 Å². The zero-order chi connectivity index (χ0) is 18.6. The summed E-state index contributed by atoms with van der Waals surface area (Å²) in [6.07, 6.45) is 8.72. The second-order valence-electron chi connectivity index (χ2n) is 8.31. The maximum atomic E-state index is 12.4. The lowest BCUT2D eigenvalue weighted by molar-refractivity contribution is -0.127. The van der Waals surface area contributed by atoms with E-state index >= 15 is 0 Å². The quantitative estimate of drug-likeness (QED) is 0.828. The maximum Gasteiger partial charge on any atom is 0.224 e. The van der Waals surface area contributed by atoms with Crippen molar-refractivity contribution in [1.29, 1.82) is 0 Å². The molecule has 2 saturated heterocycles. The van der Waals surface area contributed by atoms with Crippen molar-refractivity contribution in [1.82, 2.24) is 20.1 Å². The molecule has 148 valence electrons. The number of piperidine rings is 2. The SMILES string of the molecule is COc1ccnc(CN2CCC(N3CCCC(C(=O)NC4CC4)C3)CC2)c1. The number of methoxy groups -OCH3 is 1. The summed E-state index contributed by atoms with van der Waals surface area (Å²) in [5.41, 5.74) is 1.07. The van der Waals surface area contributed by atoms with Gasteiger partial charge in [-0.05, 0) is 51.1 Å². The second-order valence-corrected chi connectivity index (χ2v) is 8.31. The minimum Gasteiger partial charge on any atom is -0.497 e. The lowest BCUT2D eigenvalue weighted by Gasteiger charge is -2.42. The minimum atomic E-state index is 0.193. The van der Waals surface area contributed by atoms with E-state index in [0.717, 1.165) is 57.0 Å². The monoisotopic (exact) mass is 372 g/mol. The highest BCUT2D eigenvalue weighted by Gasteiger charge is 2.33. The van der Waals surface area contributed by atoms with E-state index in [1.54, 1.807) is 7.11 Å². The van der Waals surface area contributed by atoms with E-state index in [-0.39, 0.29) is 5.92 Å². The van der Waals surface area contributed by atoms with Crippen LogP contribution in [-0.2, 0) is 11.3 Å². The number of hydrogen-bond acceptors (Lipinski definition) is 5. The molecular weight excluding hydrogens is 340 g/mol. The first-order valence-corrected chi connectivity index (χ1v) is 10.5. The van der Waals surface area contributed by atoms with E-state index in [1.807, 2.05) is 18.3 Å². The number of carbonyl (C=O) groups is 1. The average molecular weight is 373 g/mol. The molecule has 2 aliphatic heterocycles. The van der Waals surface area contributed by atoms with Gasteiger partial charge in [0.1, 0.15) is 5.75 Å². The highest BCUT2D eigenvalue weighted by atomic mass is 16.5. The lowest BCUT2D eigenvalue weighted by Crippen LogP contribution is -2.50. The molecule has 3 fully saturated rings. The molecule has 0 radical (unpaired) electrons. The number of carbonyl (C=O) groups excluding carboxylic acids is 1. The number of amides is 1. The van der Waals surface area contributed by atoms with Crippen molar-refractivity contribution in [2.24, 2.45) is 5.92 Å². The third kappa shape index (κ3) is 4.99. The number of nitrogens with one attached hydrogen (secondary N) is 1. The number of nitrogens with zero attached hydrogens (tertiary/aromatic N) is 3. The van der Waals surface area contributed by atoms with Gasteiger partial charge in [-0.3, -0.25) is 19.6 Å². The lowest BCUT2D eigenvalue weighted by atomic mass is 9.93. The topological polar surface area (TPSA) is 57.7 Å². The molecule has 0 spiro atoms. The highest BCUT2D eigenvalue weighted by Crippen LogP contribution is 2.26. The van der Waals surface area contributed by atoms with Crippen LogP contribution in [-0.4, -0.2) is 66.1 Å². The Morgan fingerprint density at radius 2 is 2.04 bits per heavy atom. The van der Waals surface area contributed by atoms with Crippen LogP contribution in [0.3, 0.4) is 0 Å². The summed E-state index contributed by atoms with van der Waals surface area (Å²) in [6, 6.07) is 5.01. The molecule has 1 N–H and O–H groups in total. The Hall–Kier alpha value is -1.66. The van der Waals surface area contributed by atoms with E-state index in [4.69, 9.17) is 4.74 Å². The number of aromatic nitrogens is 1. The molecule has 1 aliphatic carbocycles. The smallest absolute Gasteiger partial charge is 0.224 e. The summed E-state index contributed by atoms with van der Waals surface area (Å²) in [7, 11) is 1.70. The Kier molecular flexibility index (Phi) is 5.93. The normalized spacial score (nSPS) is 25.3. The van der Waals surface area contributed by atoms with Gasteiger partial charge in [0, 0.05) is 50.5 Å². The van der Waals surface area contributed by atoms with Crippen LogP contribution in [0, 0.1) is 5.92 Å². The first-order valence-electron chi connectivity index (χ1n) is 10.5. The van der Waals surface area contributed by atoms with E-state index in [0.29, 0.717) is 18.0 Å². The van der Waals surface area contributed by atoms with Crippen LogP contribution in [0.1, 0.15) is 44.2 Å². The Bertz CT molecular complexity index is 641. The molecule has 3 heterocycles. The number of likely N-dealkylation sites (tertiary alicyclic amines) is 2. The molecule has 1 aromatic rings. The van der Waals surface area contributed by atoms with Crippen molar-refractivity contribution in [2.75, 3.05) is 33.3 Å². The number of rotatable bonds is 6. The van der Waals surface area contributed by atoms with E-state index in [9.17, 15) is 4.79 Å². The molecule has 4 rings (SSSR count). The fraction of sp³-hybridized carbons (Fsp3) is 0.714. The van der Waals surface area contributed by atoms with Crippen molar-refractivity contribution < 1.29 is 9.53 Å². The molecule has 0 bridgehead atoms. The van der Waals surface area contributed by atoms with Crippen LogP contribution in [0.25, 0.3) is 0 Å². The van der Waals surface area contributed by atoms with Crippen molar-refractivity contribution in [2.45, 2.75) is 57.2 Å². The molecule has 27 heavy (non-hydrogen) atoms. The van der Waals surface area contributed by atoms with Gasteiger partial charge in [0.25, 0.3) is 0 Å². The molecule has 0 aromatic carbocycles. The van der Waals surface area contributed by atoms with Gasteiger partial charge in [-0.1, -0.05) is 0 Å².